The van der Waals surface area contributed by atoms with Gasteiger partial charge in [0.15, 0.2) is 0 Å². The summed E-state index contributed by atoms with van der Waals surface area (Å²) < 4.78 is 2.28. The molecular weight excluding hydrogens is 246 g/mol. The third-order valence-electron chi connectivity index (χ3n) is 2.97. The lowest BCUT2D eigenvalue weighted by molar-refractivity contribution is 0.0697. The van der Waals surface area contributed by atoms with Crippen LogP contribution in [0.4, 0.5) is 0 Å². The van der Waals surface area contributed by atoms with E-state index < -0.39 is 5.97 Å². The Morgan fingerprint density at radius 2 is 2.11 bits per heavy atom. The first-order chi connectivity index (χ1) is 8.54. The van der Waals surface area contributed by atoms with E-state index in [2.05, 4.69) is 30.7 Å². The summed E-state index contributed by atoms with van der Waals surface area (Å²) in [5, 5.41) is 10.0. The van der Waals surface area contributed by atoms with E-state index in [0.717, 1.165) is 16.7 Å². The first-order valence-corrected chi connectivity index (χ1v) is 7.30. The second-order valence-corrected chi connectivity index (χ2v) is 5.48. The summed E-state index contributed by atoms with van der Waals surface area (Å²) in [5.74, 6) is 0.0653. The van der Waals surface area contributed by atoms with Gasteiger partial charge in [0, 0.05) is 28.4 Å². The van der Waals surface area contributed by atoms with E-state index in [0.29, 0.717) is 11.6 Å². The lowest BCUT2D eigenvalue weighted by Gasteiger charge is -2.14. The normalized spacial score (nSPS) is 11.3. The van der Waals surface area contributed by atoms with Gasteiger partial charge in [-0.05, 0) is 44.4 Å². The Morgan fingerprint density at radius 1 is 1.39 bits per heavy atom. The van der Waals surface area contributed by atoms with E-state index in [1.54, 1.807) is 23.9 Å². The Labute approximate surface area is 111 Å². The maximum Gasteiger partial charge on any atom is 0.335 e. The molecule has 96 valence electrons. The van der Waals surface area contributed by atoms with Gasteiger partial charge in [0.2, 0.25) is 0 Å². The molecule has 0 aliphatic heterocycles. The van der Waals surface area contributed by atoms with Crippen LogP contribution < -0.4 is 0 Å². The largest absolute Gasteiger partial charge is 0.478 e. The van der Waals surface area contributed by atoms with E-state index in [1.165, 1.54) is 5.69 Å². The molecule has 1 aromatic carbocycles. The van der Waals surface area contributed by atoms with E-state index in [4.69, 9.17) is 5.11 Å². The van der Waals surface area contributed by atoms with Gasteiger partial charge in [-0.25, -0.2) is 4.79 Å². The summed E-state index contributed by atoms with van der Waals surface area (Å²) in [6.07, 6.45) is 2.07. The molecule has 0 radical (unpaired) electrons. The van der Waals surface area contributed by atoms with Crippen LogP contribution in [0.25, 0.3) is 10.9 Å². The van der Waals surface area contributed by atoms with E-state index >= 15 is 0 Å². The molecule has 0 atom stereocenters. The fourth-order valence-electron chi connectivity index (χ4n) is 2.30. The van der Waals surface area contributed by atoms with E-state index in [-0.39, 0.29) is 0 Å². The van der Waals surface area contributed by atoms with Gasteiger partial charge in [-0.3, -0.25) is 0 Å². The fraction of sp³-hybridized carbons (Fsp3) is 0.357. The minimum atomic E-state index is -0.874. The van der Waals surface area contributed by atoms with Crippen molar-refractivity contribution >= 4 is 28.6 Å². The highest BCUT2D eigenvalue weighted by Crippen LogP contribution is 2.27. The molecule has 0 fully saturated rings. The molecule has 18 heavy (non-hydrogen) atoms. The second kappa shape index (κ2) is 5.06. The lowest BCUT2D eigenvalue weighted by Crippen LogP contribution is -2.04. The van der Waals surface area contributed by atoms with Crippen molar-refractivity contribution in [3.8, 4) is 0 Å². The zero-order valence-electron chi connectivity index (χ0n) is 10.8. The van der Waals surface area contributed by atoms with Gasteiger partial charge in [0.25, 0.3) is 0 Å². The summed E-state index contributed by atoms with van der Waals surface area (Å²) in [5.41, 5.74) is 2.70. The molecular formula is C14H17NO2S. The highest BCUT2D eigenvalue weighted by atomic mass is 32.2. The van der Waals surface area contributed by atoms with Crippen molar-refractivity contribution in [3.05, 3.63) is 35.5 Å². The Hall–Kier alpha value is -1.42. The van der Waals surface area contributed by atoms with Crippen molar-refractivity contribution in [2.24, 2.45) is 0 Å². The lowest BCUT2D eigenvalue weighted by atomic mass is 10.1. The zero-order chi connectivity index (χ0) is 13.3. The number of carbonyl (C=O) groups is 1. The van der Waals surface area contributed by atoms with Gasteiger partial charge in [0.1, 0.15) is 0 Å². The molecule has 1 aromatic heterocycles. The first-order valence-electron chi connectivity index (χ1n) is 5.90. The number of thioether (sulfide) groups is 1. The molecule has 0 amide bonds. The molecule has 0 spiro atoms. The molecule has 0 saturated heterocycles. The van der Waals surface area contributed by atoms with Gasteiger partial charge in [0.05, 0.1) is 5.56 Å². The highest BCUT2D eigenvalue weighted by Gasteiger charge is 2.12. The maximum atomic E-state index is 11.0. The predicted molar refractivity (Wildman–Crippen MR) is 76.5 cm³/mol. The number of benzene rings is 1. The molecule has 2 aromatic rings. The SMILES string of the molecule is CSCc1cc2cc(C(=O)O)ccc2n1C(C)C. The number of carboxylic acids is 1. The number of aromatic nitrogens is 1. The van der Waals surface area contributed by atoms with Crippen molar-refractivity contribution in [2.75, 3.05) is 6.26 Å². The van der Waals surface area contributed by atoms with Crippen molar-refractivity contribution in [3.63, 3.8) is 0 Å². The molecule has 0 saturated carbocycles. The maximum absolute atomic E-state index is 11.0. The summed E-state index contributed by atoms with van der Waals surface area (Å²) in [4.78, 5) is 11.0. The van der Waals surface area contributed by atoms with Crippen molar-refractivity contribution in [1.82, 2.24) is 4.57 Å². The molecule has 0 aliphatic carbocycles. The smallest absolute Gasteiger partial charge is 0.335 e. The van der Waals surface area contributed by atoms with Gasteiger partial charge in [-0.2, -0.15) is 11.8 Å². The molecule has 2 rings (SSSR count). The summed E-state index contributed by atoms with van der Waals surface area (Å²) in [7, 11) is 0. The molecule has 1 N–H and O–H groups in total. The highest BCUT2D eigenvalue weighted by molar-refractivity contribution is 7.97. The summed E-state index contributed by atoms with van der Waals surface area (Å²) >= 11 is 1.77. The van der Waals surface area contributed by atoms with Gasteiger partial charge in [-0.1, -0.05) is 0 Å². The number of aromatic carboxylic acids is 1. The molecule has 1 heterocycles. The topological polar surface area (TPSA) is 42.2 Å². The molecule has 0 unspecified atom stereocenters. The van der Waals surface area contributed by atoms with Crippen LogP contribution in [0.3, 0.4) is 0 Å². The number of hydrogen-bond acceptors (Lipinski definition) is 2. The minimum Gasteiger partial charge on any atom is -0.478 e. The molecule has 0 aliphatic rings. The van der Waals surface area contributed by atoms with Crippen LogP contribution in [0.5, 0.6) is 0 Å². The van der Waals surface area contributed by atoms with Crippen molar-refractivity contribution in [2.45, 2.75) is 25.6 Å². The van der Waals surface area contributed by atoms with Crippen LogP contribution in [0, 0.1) is 0 Å². The van der Waals surface area contributed by atoms with E-state index in [9.17, 15) is 4.79 Å². The van der Waals surface area contributed by atoms with Crippen LogP contribution in [0.1, 0.15) is 35.9 Å². The van der Waals surface area contributed by atoms with Crippen LogP contribution in [-0.2, 0) is 5.75 Å². The Morgan fingerprint density at radius 3 is 2.67 bits per heavy atom. The minimum absolute atomic E-state index is 0.346. The van der Waals surface area contributed by atoms with Gasteiger partial charge < -0.3 is 9.67 Å². The number of carboxylic acid groups (broad SMARTS) is 1. The van der Waals surface area contributed by atoms with Crippen LogP contribution in [0.15, 0.2) is 24.3 Å². The summed E-state index contributed by atoms with van der Waals surface area (Å²) in [6, 6.07) is 7.80. The average molecular weight is 263 g/mol. The monoisotopic (exact) mass is 263 g/mol. The number of hydrogen-bond donors (Lipinski definition) is 1. The van der Waals surface area contributed by atoms with Crippen molar-refractivity contribution < 1.29 is 9.90 Å². The number of nitrogens with zero attached hydrogens (tertiary/aromatic N) is 1. The summed E-state index contributed by atoms with van der Waals surface area (Å²) in [6.45, 7) is 4.29. The van der Waals surface area contributed by atoms with Gasteiger partial charge >= 0.3 is 5.97 Å². The Bertz CT molecular complexity index is 587. The number of rotatable bonds is 4. The standard InChI is InChI=1S/C14H17NO2S/c1-9(2)15-12(8-18-3)7-11-6-10(14(16)17)4-5-13(11)15/h4-7,9H,8H2,1-3H3,(H,16,17). The van der Waals surface area contributed by atoms with Crippen LogP contribution in [-0.4, -0.2) is 21.9 Å². The Balaban J connectivity index is 2.64. The van der Waals surface area contributed by atoms with Gasteiger partial charge in [-0.15, -0.1) is 0 Å². The zero-order valence-corrected chi connectivity index (χ0v) is 11.6. The average Bonchev–Trinajstić information content (AvgIpc) is 2.66. The quantitative estimate of drug-likeness (QED) is 0.912. The molecule has 0 bridgehead atoms. The second-order valence-electron chi connectivity index (χ2n) is 4.61. The van der Waals surface area contributed by atoms with E-state index in [1.807, 2.05) is 6.07 Å². The molecule has 4 heteroatoms. The van der Waals surface area contributed by atoms with Crippen molar-refractivity contribution in [1.29, 1.82) is 0 Å². The third kappa shape index (κ3) is 2.25. The Kier molecular flexibility index (Phi) is 3.66. The van der Waals surface area contributed by atoms with Crippen LogP contribution in [0.2, 0.25) is 0 Å². The fourth-order valence-corrected chi connectivity index (χ4v) is 2.81. The van der Waals surface area contributed by atoms with Crippen LogP contribution >= 0.6 is 11.8 Å². The predicted octanol–water partition coefficient (Wildman–Crippen LogP) is 3.78. The molecule has 3 nitrogen and oxygen atoms in total. The first kappa shape index (κ1) is 13.0. The number of fused-ring (bicyclic) bond motifs is 1. The third-order valence-corrected chi connectivity index (χ3v) is 3.56.